The summed E-state index contributed by atoms with van der Waals surface area (Å²) in [5.41, 5.74) is 6.14. The summed E-state index contributed by atoms with van der Waals surface area (Å²) in [5.74, 6) is -2.40. The highest BCUT2D eigenvalue weighted by molar-refractivity contribution is 5.66. The van der Waals surface area contributed by atoms with Crippen LogP contribution in [0.15, 0.2) is 36.4 Å². The summed E-state index contributed by atoms with van der Waals surface area (Å²) in [6.07, 6.45) is 0. The molecule has 0 spiro atoms. The highest BCUT2D eigenvalue weighted by Crippen LogP contribution is 2.25. The molecule has 2 aromatic carbocycles. The fourth-order valence-corrected chi connectivity index (χ4v) is 1.58. The van der Waals surface area contributed by atoms with Crippen LogP contribution in [0.25, 0.3) is 0 Å². The lowest BCUT2D eigenvalue weighted by atomic mass is 10.2. The number of hydrogen-bond donors (Lipinski definition) is 2. The summed E-state index contributed by atoms with van der Waals surface area (Å²) in [7, 11) is 0. The van der Waals surface area contributed by atoms with Gasteiger partial charge in [-0.05, 0) is 29.8 Å². The van der Waals surface area contributed by atoms with Crippen LogP contribution in [0.5, 0.6) is 0 Å². The molecule has 0 saturated carbocycles. The Bertz CT molecular complexity index is 570. The van der Waals surface area contributed by atoms with Gasteiger partial charge in [0, 0.05) is 6.54 Å². The summed E-state index contributed by atoms with van der Waals surface area (Å²) in [4.78, 5) is 0. The lowest BCUT2D eigenvalue weighted by Crippen LogP contribution is -2.06. The Labute approximate surface area is 102 Å². The molecule has 0 heterocycles. The molecule has 2 aromatic rings. The largest absolute Gasteiger partial charge is 0.397 e. The van der Waals surface area contributed by atoms with E-state index in [9.17, 15) is 13.2 Å². The minimum absolute atomic E-state index is 0.102. The summed E-state index contributed by atoms with van der Waals surface area (Å²) >= 11 is 0. The Hall–Kier alpha value is -2.17. The molecular weight excluding hydrogens is 241 g/mol. The van der Waals surface area contributed by atoms with Gasteiger partial charge in [0.25, 0.3) is 0 Å². The second kappa shape index (κ2) is 5.00. The molecule has 0 aromatic heterocycles. The third-order valence-corrected chi connectivity index (χ3v) is 2.49. The fraction of sp³-hybridized carbons (Fsp3) is 0.0769. The van der Waals surface area contributed by atoms with Crippen molar-refractivity contribution < 1.29 is 13.2 Å². The molecular formula is C13H11F3N2. The van der Waals surface area contributed by atoms with Gasteiger partial charge in [0.15, 0.2) is 11.6 Å². The van der Waals surface area contributed by atoms with Gasteiger partial charge in [-0.25, -0.2) is 13.2 Å². The average molecular weight is 252 g/mol. The minimum atomic E-state index is -1.04. The van der Waals surface area contributed by atoms with Crippen molar-refractivity contribution in [3.05, 3.63) is 59.4 Å². The molecule has 0 fully saturated rings. The maximum Gasteiger partial charge on any atom is 0.183 e. The van der Waals surface area contributed by atoms with Gasteiger partial charge < -0.3 is 11.1 Å². The van der Waals surface area contributed by atoms with Crippen LogP contribution in [0.1, 0.15) is 5.56 Å². The van der Waals surface area contributed by atoms with Crippen molar-refractivity contribution in [2.75, 3.05) is 11.1 Å². The third kappa shape index (κ3) is 2.56. The van der Waals surface area contributed by atoms with Gasteiger partial charge in [-0.15, -0.1) is 0 Å². The van der Waals surface area contributed by atoms with E-state index in [0.29, 0.717) is 5.56 Å². The van der Waals surface area contributed by atoms with E-state index in [1.54, 1.807) is 6.07 Å². The number of hydrogen-bond acceptors (Lipinski definition) is 2. The molecule has 5 heteroatoms. The second-order valence-electron chi connectivity index (χ2n) is 3.81. The molecule has 0 aliphatic rings. The molecule has 18 heavy (non-hydrogen) atoms. The SMILES string of the molecule is Nc1ccc(F)c(F)c1NCc1cccc(F)c1. The van der Waals surface area contributed by atoms with E-state index in [1.807, 2.05) is 0 Å². The van der Waals surface area contributed by atoms with Gasteiger partial charge in [-0.3, -0.25) is 0 Å². The van der Waals surface area contributed by atoms with Crippen molar-refractivity contribution >= 4 is 11.4 Å². The number of benzene rings is 2. The minimum Gasteiger partial charge on any atom is -0.397 e. The predicted octanol–water partition coefficient (Wildman–Crippen LogP) is 3.30. The van der Waals surface area contributed by atoms with E-state index < -0.39 is 11.6 Å². The van der Waals surface area contributed by atoms with Gasteiger partial charge in [-0.2, -0.15) is 0 Å². The summed E-state index contributed by atoms with van der Waals surface area (Å²) in [6.45, 7) is 0.155. The number of rotatable bonds is 3. The first-order valence-corrected chi connectivity index (χ1v) is 5.29. The van der Waals surface area contributed by atoms with E-state index in [4.69, 9.17) is 5.73 Å². The van der Waals surface area contributed by atoms with Crippen LogP contribution in [-0.4, -0.2) is 0 Å². The normalized spacial score (nSPS) is 10.4. The van der Waals surface area contributed by atoms with Crippen LogP contribution in [0.2, 0.25) is 0 Å². The maximum atomic E-state index is 13.5. The summed E-state index contributed by atoms with van der Waals surface area (Å²) in [6, 6.07) is 8.05. The Morgan fingerprint density at radius 2 is 1.83 bits per heavy atom. The molecule has 0 aliphatic heterocycles. The van der Waals surface area contributed by atoms with E-state index in [2.05, 4.69) is 5.32 Å². The van der Waals surface area contributed by atoms with Crippen molar-refractivity contribution in [2.24, 2.45) is 0 Å². The van der Waals surface area contributed by atoms with Crippen molar-refractivity contribution in [3.63, 3.8) is 0 Å². The van der Waals surface area contributed by atoms with E-state index in [-0.39, 0.29) is 23.7 Å². The van der Waals surface area contributed by atoms with Crippen LogP contribution >= 0.6 is 0 Å². The number of nitrogen functional groups attached to an aromatic ring is 1. The first kappa shape index (κ1) is 12.3. The van der Waals surface area contributed by atoms with E-state index >= 15 is 0 Å². The molecule has 0 aliphatic carbocycles. The Kier molecular flexibility index (Phi) is 3.41. The van der Waals surface area contributed by atoms with Crippen LogP contribution in [0.3, 0.4) is 0 Å². The highest BCUT2D eigenvalue weighted by Gasteiger charge is 2.11. The second-order valence-corrected chi connectivity index (χ2v) is 3.81. The molecule has 94 valence electrons. The van der Waals surface area contributed by atoms with Crippen molar-refractivity contribution in [3.8, 4) is 0 Å². The van der Waals surface area contributed by atoms with Crippen LogP contribution < -0.4 is 11.1 Å². The quantitative estimate of drug-likeness (QED) is 0.822. The Morgan fingerprint density at radius 3 is 2.56 bits per heavy atom. The molecule has 0 amide bonds. The van der Waals surface area contributed by atoms with E-state index in [1.165, 1.54) is 24.3 Å². The van der Waals surface area contributed by atoms with Crippen molar-refractivity contribution in [1.29, 1.82) is 0 Å². The van der Waals surface area contributed by atoms with Gasteiger partial charge in [0.1, 0.15) is 5.82 Å². The lowest BCUT2D eigenvalue weighted by Gasteiger charge is -2.10. The zero-order valence-corrected chi connectivity index (χ0v) is 9.38. The molecule has 0 radical (unpaired) electrons. The fourth-order valence-electron chi connectivity index (χ4n) is 1.58. The topological polar surface area (TPSA) is 38.0 Å². The van der Waals surface area contributed by atoms with Gasteiger partial charge >= 0.3 is 0 Å². The first-order valence-electron chi connectivity index (χ1n) is 5.29. The van der Waals surface area contributed by atoms with Crippen molar-refractivity contribution in [1.82, 2.24) is 0 Å². The zero-order chi connectivity index (χ0) is 13.1. The number of nitrogens with one attached hydrogen (secondary N) is 1. The third-order valence-electron chi connectivity index (χ3n) is 2.49. The smallest absolute Gasteiger partial charge is 0.183 e. The highest BCUT2D eigenvalue weighted by atomic mass is 19.2. The molecule has 3 N–H and O–H groups in total. The summed E-state index contributed by atoms with van der Waals surface area (Å²) < 4.78 is 39.4. The van der Waals surface area contributed by atoms with Crippen LogP contribution in [-0.2, 0) is 6.54 Å². The average Bonchev–Trinajstić information content (AvgIpc) is 2.34. The standard InChI is InChI=1S/C13H11F3N2/c14-9-3-1-2-8(6-9)7-18-13-11(17)5-4-10(15)12(13)16/h1-6,18H,7,17H2. The van der Waals surface area contributed by atoms with Gasteiger partial charge in [0.05, 0.1) is 11.4 Å². The van der Waals surface area contributed by atoms with E-state index in [0.717, 1.165) is 6.07 Å². The predicted molar refractivity (Wildman–Crippen MR) is 64.5 cm³/mol. The molecule has 0 atom stereocenters. The van der Waals surface area contributed by atoms with Crippen molar-refractivity contribution in [2.45, 2.75) is 6.54 Å². The monoisotopic (exact) mass is 252 g/mol. The molecule has 2 rings (SSSR count). The molecule has 0 bridgehead atoms. The zero-order valence-electron chi connectivity index (χ0n) is 9.38. The van der Waals surface area contributed by atoms with Crippen LogP contribution in [0.4, 0.5) is 24.5 Å². The maximum absolute atomic E-state index is 13.5. The van der Waals surface area contributed by atoms with Gasteiger partial charge in [0.2, 0.25) is 0 Å². The summed E-state index contributed by atoms with van der Waals surface area (Å²) in [5, 5.41) is 2.66. The number of halogens is 3. The lowest BCUT2D eigenvalue weighted by molar-refractivity contribution is 0.511. The molecule has 0 unspecified atom stereocenters. The Balaban J connectivity index is 2.18. The van der Waals surface area contributed by atoms with Gasteiger partial charge in [-0.1, -0.05) is 12.1 Å². The number of anilines is 2. The number of nitrogens with two attached hydrogens (primary N) is 1. The Morgan fingerprint density at radius 1 is 1.06 bits per heavy atom. The molecule has 2 nitrogen and oxygen atoms in total. The first-order chi connectivity index (χ1) is 8.58. The van der Waals surface area contributed by atoms with Crippen LogP contribution in [0, 0.1) is 17.5 Å². The molecule has 0 saturated heterocycles.